The van der Waals surface area contributed by atoms with Crippen LogP contribution < -0.4 is 5.48 Å². The van der Waals surface area contributed by atoms with Gasteiger partial charge in [-0.3, -0.25) is 19.5 Å². The number of nitrogens with one attached hydrogen (secondary N) is 1. The molecule has 26 heavy (non-hydrogen) atoms. The molecule has 3 heterocycles. The van der Waals surface area contributed by atoms with Crippen LogP contribution in [0.3, 0.4) is 0 Å². The molecule has 0 bridgehead atoms. The number of para-hydroxylation sites is 1. The molecular weight excluding hydrogens is 336 g/mol. The summed E-state index contributed by atoms with van der Waals surface area (Å²) in [5.74, 6) is -0.509. The van der Waals surface area contributed by atoms with Crippen LogP contribution in [0, 0.1) is 6.92 Å². The summed E-state index contributed by atoms with van der Waals surface area (Å²) in [6.45, 7) is 3.36. The van der Waals surface area contributed by atoms with Crippen molar-refractivity contribution < 1.29 is 19.2 Å². The Morgan fingerprint density at radius 2 is 2.08 bits per heavy atom. The van der Waals surface area contributed by atoms with Crippen LogP contribution in [-0.4, -0.2) is 38.2 Å². The molecule has 1 aliphatic heterocycles. The number of furan rings is 1. The molecule has 0 saturated heterocycles. The summed E-state index contributed by atoms with van der Waals surface area (Å²) in [4.78, 5) is 26.3. The van der Waals surface area contributed by atoms with E-state index in [1.807, 2.05) is 31.2 Å². The predicted octanol–water partition coefficient (Wildman–Crippen LogP) is 2.10. The van der Waals surface area contributed by atoms with Gasteiger partial charge in [-0.2, -0.15) is 5.10 Å². The number of hydroxylamine groups is 1. The summed E-state index contributed by atoms with van der Waals surface area (Å²) in [6.07, 6.45) is 0.708. The van der Waals surface area contributed by atoms with Crippen molar-refractivity contribution in [3.05, 3.63) is 53.0 Å². The zero-order valence-electron chi connectivity index (χ0n) is 14.2. The van der Waals surface area contributed by atoms with Gasteiger partial charge in [0.05, 0.1) is 12.2 Å². The number of carbonyl (C=O) groups is 2. The number of hydrogen-bond donors (Lipinski definition) is 2. The van der Waals surface area contributed by atoms with Crippen LogP contribution in [-0.2, 0) is 13.1 Å². The maximum atomic E-state index is 13.0. The Morgan fingerprint density at radius 3 is 2.85 bits per heavy atom. The van der Waals surface area contributed by atoms with Crippen molar-refractivity contribution in [2.75, 3.05) is 6.54 Å². The molecule has 1 aromatic carbocycles. The number of amides is 2. The van der Waals surface area contributed by atoms with Gasteiger partial charge in [0.25, 0.3) is 11.8 Å². The summed E-state index contributed by atoms with van der Waals surface area (Å²) in [5.41, 5.74) is 3.95. The first-order valence-corrected chi connectivity index (χ1v) is 8.37. The molecule has 1 aliphatic rings. The average Bonchev–Trinajstić information content (AvgIpc) is 3.15. The fraction of sp³-hybridized carbons (Fsp3) is 0.278. The molecule has 0 unspecified atom stereocenters. The van der Waals surface area contributed by atoms with Gasteiger partial charge in [-0.15, -0.1) is 0 Å². The number of carbonyl (C=O) groups excluding carboxylic acids is 2. The highest BCUT2D eigenvalue weighted by molar-refractivity contribution is 5.99. The predicted molar refractivity (Wildman–Crippen MR) is 91.8 cm³/mol. The highest BCUT2D eigenvalue weighted by Crippen LogP contribution is 2.27. The third-order valence-corrected chi connectivity index (χ3v) is 4.67. The third kappa shape index (κ3) is 2.64. The number of hydrogen-bond acceptors (Lipinski definition) is 5. The average molecular weight is 354 g/mol. The lowest BCUT2D eigenvalue weighted by Gasteiger charge is -2.19. The first-order chi connectivity index (χ1) is 12.6. The van der Waals surface area contributed by atoms with Gasteiger partial charge in [-0.05, 0) is 25.5 Å². The van der Waals surface area contributed by atoms with Crippen LogP contribution in [0.2, 0.25) is 0 Å². The zero-order chi connectivity index (χ0) is 18.3. The fourth-order valence-corrected chi connectivity index (χ4v) is 3.33. The number of aryl methyl sites for hydroxylation is 2. The van der Waals surface area contributed by atoms with E-state index >= 15 is 0 Å². The van der Waals surface area contributed by atoms with E-state index in [0.29, 0.717) is 37.4 Å². The Morgan fingerprint density at radius 1 is 1.27 bits per heavy atom. The van der Waals surface area contributed by atoms with Crippen LogP contribution in [0.1, 0.15) is 38.7 Å². The van der Waals surface area contributed by atoms with E-state index in [-0.39, 0.29) is 11.6 Å². The highest BCUT2D eigenvalue weighted by Gasteiger charge is 2.27. The smallest absolute Gasteiger partial charge is 0.295 e. The van der Waals surface area contributed by atoms with Crippen molar-refractivity contribution >= 4 is 22.8 Å². The standard InChI is InChI=1S/C18H18N4O4/c1-11-13-5-2-3-6-15(13)26-16(11)18(24)21-7-4-8-22-12(10-21)9-14(19-22)17(23)20-25/h2-3,5-6,9,25H,4,7-8,10H2,1H3,(H,20,23). The molecule has 2 aromatic heterocycles. The van der Waals surface area contributed by atoms with Crippen LogP contribution >= 0.6 is 0 Å². The van der Waals surface area contributed by atoms with Crippen molar-refractivity contribution in [3.63, 3.8) is 0 Å². The molecule has 0 saturated carbocycles. The van der Waals surface area contributed by atoms with Crippen LogP contribution in [0.4, 0.5) is 0 Å². The van der Waals surface area contributed by atoms with Crippen molar-refractivity contribution in [1.29, 1.82) is 0 Å². The van der Waals surface area contributed by atoms with Crippen LogP contribution in [0.25, 0.3) is 11.0 Å². The van der Waals surface area contributed by atoms with E-state index in [1.54, 1.807) is 21.1 Å². The quantitative estimate of drug-likeness (QED) is 0.542. The molecule has 2 amide bonds. The minimum absolute atomic E-state index is 0.122. The Hall–Kier alpha value is -3.13. The van der Waals surface area contributed by atoms with E-state index in [0.717, 1.165) is 16.6 Å². The normalized spacial score (nSPS) is 14.2. The van der Waals surface area contributed by atoms with Crippen molar-refractivity contribution in [1.82, 2.24) is 20.2 Å². The van der Waals surface area contributed by atoms with Crippen molar-refractivity contribution in [2.45, 2.75) is 26.4 Å². The number of fused-ring (bicyclic) bond motifs is 2. The van der Waals surface area contributed by atoms with E-state index in [4.69, 9.17) is 9.62 Å². The first kappa shape index (κ1) is 16.3. The largest absolute Gasteiger partial charge is 0.451 e. The van der Waals surface area contributed by atoms with E-state index in [1.165, 1.54) is 0 Å². The van der Waals surface area contributed by atoms with E-state index in [2.05, 4.69) is 5.10 Å². The molecule has 4 rings (SSSR count). The minimum atomic E-state index is -0.670. The summed E-state index contributed by atoms with van der Waals surface area (Å²) < 4.78 is 7.49. The second-order valence-electron chi connectivity index (χ2n) is 6.32. The molecule has 8 heteroatoms. The van der Waals surface area contributed by atoms with Gasteiger partial charge in [0.2, 0.25) is 0 Å². The molecule has 2 N–H and O–H groups in total. The fourth-order valence-electron chi connectivity index (χ4n) is 3.33. The van der Waals surface area contributed by atoms with Crippen LogP contribution in [0.5, 0.6) is 0 Å². The maximum Gasteiger partial charge on any atom is 0.295 e. The zero-order valence-corrected chi connectivity index (χ0v) is 14.2. The second-order valence-corrected chi connectivity index (χ2v) is 6.32. The van der Waals surface area contributed by atoms with E-state index < -0.39 is 5.91 Å². The van der Waals surface area contributed by atoms with Gasteiger partial charge in [0.1, 0.15) is 5.58 Å². The molecule has 8 nitrogen and oxygen atoms in total. The molecule has 0 fully saturated rings. The number of rotatable bonds is 2. The SMILES string of the molecule is Cc1c(C(=O)N2CCCn3nc(C(=O)NO)cc3C2)oc2ccccc12. The molecular formula is C18H18N4O4. The Kier molecular flexibility index (Phi) is 3.96. The molecule has 0 spiro atoms. The number of nitrogens with zero attached hydrogens (tertiary/aromatic N) is 3. The second kappa shape index (κ2) is 6.30. The Labute approximate surface area is 149 Å². The van der Waals surface area contributed by atoms with Gasteiger partial charge in [-0.1, -0.05) is 18.2 Å². The number of aromatic nitrogens is 2. The maximum absolute atomic E-state index is 13.0. The van der Waals surface area contributed by atoms with Crippen molar-refractivity contribution in [2.24, 2.45) is 0 Å². The van der Waals surface area contributed by atoms with Gasteiger partial charge in [0, 0.05) is 24.0 Å². The lowest BCUT2D eigenvalue weighted by atomic mass is 10.1. The molecule has 3 aromatic rings. The Balaban J connectivity index is 1.64. The van der Waals surface area contributed by atoms with Crippen LogP contribution in [0.15, 0.2) is 34.7 Å². The van der Waals surface area contributed by atoms with Gasteiger partial charge in [-0.25, -0.2) is 5.48 Å². The molecule has 134 valence electrons. The molecule has 0 radical (unpaired) electrons. The number of benzene rings is 1. The summed E-state index contributed by atoms with van der Waals surface area (Å²) >= 11 is 0. The lowest BCUT2D eigenvalue weighted by molar-refractivity contribution is 0.0699. The van der Waals surface area contributed by atoms with Gasteiger partial charge in [0.15, 0.2) is 11.5 Å². The molecule has 0 atom stereocenters. The topological polar surface area (TPSA) is 101 Å². The summed E-state index contributed by atoms with van der Waals surface area (Å²) in [5, 5.41) is 13.9. The van der Waals surface area contributed by atoms with Gasteiger partial charge >= 0.3 is 0 Å². The monoisotopic (exact) mass is 354 g/mol. The van der Waals surface area contributed by atoms with E-state index in [9.17, 15) is 9.59 Å². The summed E-state index contributed by atoms with van der Waals surface area (Å²) in [6, 6.07) is 9.15. The summed E-state index contributed by atoms with van der Waals surface area (Å²) in [7, 11) is 0. The first-order valence-electron chi connectivity index (χ1n) is 8.37. The lowest BCUT2D eigenvalue weighted by Crippen LogP contribution is -2.30. The highest BCUT2D eigenvalue weighted by atomic mass is 16.5. The third-order valence-electron chi connectivity index (χ3n) is 4.67. The minimum Gasteiger partial charge on any atom is -0.451 e. The van der Waals surface area contributed by atoms with Crippen molar-refractivity contribution in [3.8, 4) is 0 Å². The molecule has 0 aliphatic carbocycles. The van der Waals surface area contributed by atoms with Gasteiger partial charge < -0.3 is 9.32 Å². The Bertz CT molecular complexity index is 1000.